The summed E-state index contributed by atoms with van der Waals surface area (Å²) in [7, 11) is 1.37. The molecule has 8 rings (SSSR count). The van der Waals surface area contributed by atoms with Crippen LogP contribution in [-0.2, 0) is 16.8 Å². The minimum absolute atomic E-state index is 0.398. The maximum absolute atomic E-state index is 12.5. The van der Waals surface area contributed by atoms with Gasteiger partial charge in [0.15, 0.2) is 5.82 Å². The molecule has 8 aromatic rings. The first-order valence-electron chi connectivity index (χ1n) is 17.5. The van der Waals surface area contributed by atoms with Crippen LogP contribution >= 0.6 is 0 Å². The smallest absolute Gasteiger partial charge is 0.340 e. The first-order valence-corrected chi connectivity index (χ1v) is 17.5. The monoisotopic (exact) mass is 696 g/mol. The van der Waals surface area contributed by atoms with Crippen LogP contribution in [0, 0.1) is 0 Å². The van der Waals surface area contributed by atoms with Crippen molar-refractivity contribution in [3.8, 4) is 28.5 Å². The molecule has 0 unspecified atom stereocenters. The molecule has 0 atom stereocenters. The van der Waals surface area contributed by atoms with Crippen LogP contribution in [0.4, 0.5) is 0 Å². The molecule has 0 saturated carbocycles. The Balaban J connectivity index is 1.22. The molecule has 2 aromatic heterocycles. The average molecular weight is 697 g/mol. The molecule has 0 aliphatic heterocycles. The minimum atomic E-state index is -0.876. The van der Waals surface area contributed by atoms with Crippen LogP contribution in [0.3, 0.4) is 0 Å². The van der Waals surface area contributed by atoms with Crippen LogP contribution in [0.15, 0.2) is 158 Å². The lowest BCUT2D eigenvalue weighted by Gasteiger charge is -2.36. The third-order valence-corrected chi connectivity index (χ3v) is 9.56. The van der Waals surface area contributed by atoms with E-state index < -0.39 is 11.5 Å². The normalized spacial score (nSPS) is 11.4. The second kappa shape index (κ2) is 14.4. The summed E-state index contributed by atoms with van der Waals surface area (Å²) in [6.45, 7) is 2.84. The largest absolute Gasteiger partial charge is 0.465 e. The lowest BCUT2D eigenvalue weighted by atomic mass is 9.77. The third-order valence-electron chi connectivity index (χ3n) is 9.56. The van der Waals surface area contributed by atoms with Gasteiger partial charge in [0.25, 0.3) is 6.01 Å². The van der Waals surface area contributed by atoms with Gasteiger partial charge in [-0.2, -0.15) is 4.98 Å². The fraction of sp³-hybridized carbons (Fsp3) is 0.114. The number of benzene rings is 6. The Kier molecular flexibility index (Phi) is 9.04. The van der Waals surface area contributed by atoms with Gasteiger partial charge >= 0.3 is 5.97 Å². The van der Waals surface area contributed by atoms with E-state index in [1.54, 1.807) is 6.07 Å². The molecular formula is C44H36N6O3. The summed E-state index contributed by atoms with van der Waals surface area (Å²) in [4.78, 5) is 17.2. The lowest BCUT2D eigenvalue weighted by Crippen LogP contribution is -2.39. The van der Waals surface area contributed by atoms with Crippen molar-refractivity contribution in [2.75, 3.05) is 13.7 Å². The molecule has 6 aromatic carbocycles. The van der Waals surface area contributed by atoms with Gasteiger partial charge in [-0.25, -0.2) is 9.48 Å². The summed E-state index contributed by atoms with van der Waals surface area (Å²) in [5.74, 6) is 0.194. The van der Waals surface area contributed by atoms with Crippen LogP contribution < -0.4 is 4.74 Å². The Morgan fingerprint density at radius 3 is 1.85 bits per heavy atom. The van der Waals surface area contributed by atoms with Crippen LogP contribution in [0.5, 0.6) is 6.01 Å². The van der Waals surface area contributed by atoms with E-state index in [4.69, 9.17) is 19.8 Å². The van der Waals surface area contributed by atoms with E-state index in [0.29, 0.717) is 36.1 Å². The molecular weight excluding hydrogens is 661 g/mol. The SMILES string of the molecule is CCOc1nc2c(C(=O)OC)cccc2n1Cc1ccc(-c2ccccc2-c2nnnn2C(c2ccccc2)(c2ccccc2)c2ccccc2)cc1. The second-order valence-corrected chi connectivity index (χ2v) is 12.5. The molecule has 0 bridgehead atoms. The number of esters is 1. The van der Waals surface area contributed by atoms with E-state index in [0.717, 1.165) is 44.5 Å². The van der Waals surface area contributed by atoms with E-state index in [9.17, 15) is 4.79 Å². The van der Waals surface area contributed by atoms with Gasteiger partial charge < -0.3 is 9.47 Å². The lowest BCUT2D eigenvalue weighted by molar-refractivity contribution is 0.0602. The van der Waals surface area contributed by atoms with Crippen molar-refractivity contribution in [2.45, 2.75) is 19.0 Å². The molecule has 0 radical (unpaired) electrons. The van der Waals surface area contributed by atoms with Gasteiger partial charge in [0.05, 0.1) is 31.3 Å². The highest BCUT2D eigenvalue weighted by atomic mass is 16.5. The topological polar surface area (TPSA) is 97.0 Å². The number of imidazole rings is 1. The van der Waals surface area contributed by atoms with Crippen molar-refractivity contribution >= 4 is 17.0 Å². The zero-order chi connectivity index (χ0) is 36.2. The van der Waals surface area contributed by atoms with Crippen molar-refractivity contribution in [3.05, 3.63) is 186 Å². The molecule has 9 heteroatoms. The number of para-hydroxylation sites is 1. The third kappa shape index (κ3) is 5.92. The molecule has 53 heavy (non-hydrogen) atoms. The van der Waals surface area contributed by atoms with Crippen molar-refractivity contribution in [1.82, 2.24) is 29.8 Å². The molecule has 9 nitrogen and oxygen atoms in total. The number of carbonyl (C=O) groups is 1. The van der Waals surface area contributed by atoms with E-state index in [-0.39, 0.29) is 0 Å². The Bertz CT molecular complexity index is 2400. The molecule has 0 saturated heterocycles. The van der Waals surface area contributed by atoms with Crippen molar-refractivity contribution in [3.63, 3.8) is 0 Å². The highest BCUT2D eigenvalue weighted by molar-refractivity contribution is 6.02. The zero-order valence-electron chi connectivity index (χ0n) is 29.3. The maximum Gasteiger partial charge on any atom is 0.340 e. The molecule has 0 fully saturated rings. The number of fused-ring (bicyclic) bond motifs is 1. The first kappa shape index (κ1) is 33.3. The van der Waals surface area contributed by atoms with Crippen LogP contribution in [0.1, 0.15) is 39.5 Å². The minimum Gasteiger partial charge on any atom is -0.465 e. The molecule has 0 spiro atoms. The number of ether oxygens (including phenoxy) is 2. The van der Waals surface area contributed by atoms with Gasteiger partial charge in [-0.15, -0.1) is 5.10 Å². The van der Waals surface area contributed by atoms with Crippen LogP contribution in [0.25, 0.3) is 33.5 Å². The fourth-order valence-electron chi connectivity index (χ4n) is 7.18. The number of tetrazole rings is 1. The molecule has 0 aliphatic rings. The Morgan fingerprint density at radius 1 is 0.679 bits per heavy atom. The summed E-state index contributed by atoms with van der Waals surface area (Å²) >= 11 is 0. The predicted octanol–water partition coefficient (Wildman–Crippen LogP) is 8.43. The Morgan fingerprint density at radius 2 is 1.26 bits per heavy atom. The Labute approximate surface area is 307 Å². The fourth-order valence-corrected chi connectivity index (χ4v) is 7.18. The first-order chi connectivity index (χ1) is 26.1. The average Bonchev–Trinajstić information content (AvgIpc) is 3.85. The number of carbonyl (C=O) groups excluding carboxylic acids is 1. The van der Waals surface area contributed by atoms with Gasteiger partial charge in [-0.3, -0.25) is 4.57 Å². The van der Waals surface area contributed by atoms with E-state index in [1.807, 2.05) is 58.6 Å². The van der Waals surface area contributed by atoms with Crippen LogP contribution in [0.2, 0.25) is 0 Å². The van der Waals surface area contributed by atoms with E-state index >= 15 is 0 Å². The van der Waals surface area contributed by atoms with Gasteiger partial charge in [-0.1, -0.05) is 146 Å². The number of hydrogen-bond donors (Lipinski definition) is 0. The highest BCUT2D eigenvalue weighted by Gasteiger charge is 2.42. The molecule has 260 valence electrons. The quantitative estimate of drug-likeness (QED) is 0.0990. The molecule has 0 aliphatic carbocycles. The molecule has 0 amide bonds. The van der Waals surface area contributed by atoms with Gasteiger partial charge in [0.2, 0.25) is 0 Å². The van der Waals surface area contributed by atoms with Crippen molar-refractivity contribution < 1.29 is 14.3 Å². The summed E-state index contributed by atoms with van der Waals surface area (Å²) in [5, 5.41) is 13.8. The van der Waals surface area contributed by atoms with Crippen molar-refractivity contribution in [1.29, 1.82) is 0 Å². The standard InChI is InChI=1S/C44H36N6O3/c1-3-53-43-45-40-38(42(51)52-2)24-15-25-39(40)49(43)30-31-26-28-32(29-27-31)36-22-13-14-23-37(36)41-46-47-48-50(41)44(33-16-7-4-8-17-33,34-18-9-5-10-19-34)35-20-11-6-12-21-35/h4-29H,3,30H2,1-2H3. The number of rotatable bonds is 11. The van der Waals surface area contributed by atoms with E-state index in [2.05, 4.69) is 119 Å². The summed E-state index contributed by atoms with van der Waals surface area (Å²) < 4.78 is 14.9. The zero-order valence-corrected chi connectivity index (χ0v) is 29.3. The second-order valence-electron chi connectivity index (χ2n) is 12.5. The summed E-state index contributed by atoms with van der Waals surface area (Å²) in [5.41, 5.74) is 7.89. The molecule has 2 heterocycles. The number of hydrogen-bond acceptors (Lipinski definition) is 7. The number of methoxy groups -OCH3 is 1. The maximum atomic E-state index is 12.5. The highest BCUT2D eigenvalue weighted by Crippen LogP contribution is 2.43. The van der Waals surface area contributed by atoms with Gasteiger partial charge in [0, 0.05) is 5.56 Å². The number of aromatic nitrogens is 6. The summed E-state index contributed by atoms with van der Waals surface area (Å²) in [6, 6.07) is 53.8. The Hall–Kier alpha value is -6.87. The molecule has 0 N–H and O–H groups in total. The predicted molar refractivity (Wildman–Crippen MR) is 205 cm³/mol. The van der Waals surface area contributed by atoms with Gasteiger partial charge in [-0.05, 0) is 62.9 Å². The van der Waals surface area contributed by atoms with E-state index in [1.165, 1.54) is 7.11 Å². The number of nitrogens with zero attached hydrogens (tertiary/aromatic N) is 6. The van der Waals surface area contributed by atoms with Crippen molar-refractivity contribution in [2.24, 2.45) is 0 Å². The summed E-state index contributed by atoms with van der Waals surface area (Å²) in [6.07, 6.45) is 0. The van der Waals surface area contributed by atoms with Gasteiger partial charge in [0.1, 0.15) is 11.1 Å². The van der Waals surface area contributed by atoms with Crippen LogP contribution in [-0.4, -0.2) is 49.4 Å².